The van der Waals surface area contributed by atoms with Gasteiger partial charge in [0.25, 0.3) is 0 Å². The fraction of sp³-hybridized carbons (Fsp3) is 0.647. The molecule has 22 heavy (non-hydrogen) atoms. The highest BCUT2D eigenvalue weighted by Gasteiger charge is 2.37. The van der Waals surface area contributed by atoms with Crippen LogP contribution in [0.4, 0.5) is 10.6 Å². The maximum atomic E-state index is 12.4. The second-order valence-electron chi connectivity index (χ2n) is 7.18. The van der Waals surface area contributed by atoms with Crippen LogP contribution >= 0.6 is 0 Å². The standard InChI is InChI=1S/C17H25N3O2/c1-17(2,3)22-16(21)20(13-7-8-13)15-9-6-12(11-19-15)14-5-4-10-18-14/h6,9,11,13-14,18H,4-5,7-8,10H2,1-3H3/t14-/m1/s1. The molecular formula is C17H25N3O2. The monoisotopic (exact) mass is 303 g/mol. The van der Waals surface area contributed by atoms with Crippen LogP contribution in [0.3, 0.4) is 0 Å². The zero-order valence-electron chi connectivity index (χ0n) is 13.6. The molecule has 2 fully saturated rings. The Balaban J connectivity index is 1.75. The van der Waals surface area contributed by atoms with Crippen molar-refractivity contribution >= 4 is 11.9 Å². The Bertz CT molecular complexity index is 526. The third kappa shape index (κ3) is 3.58. The van der Waals surface area contributed by atoms with Crippen LogP contribution in [0.2, 0.25) is 0 Å². The lowest BCUT2D eigenvalue weighted by molar-refractivity contribution is 0.0576. The van der Waals surface area contributed by atoms with Gasteiger partial charge >= 0.3 is 6.09 Å². The Kier molecular flexibility index (Phi) is 4.08. The molecule has 5 heteroatoms. The van der Waals surface area contributed by atoms with Gasteiger partial charge < -0.3 is 10.1 Å². The third-order valence-electron chi connectivity index (χ3n) is 3.98. The van der Waals surface area contributed by atoms with Crippen LogP contribution in [0.1, 0.15) is 58.1 Å². The Hall–Kier alpha value is -1.62. The van der Waals surface area contributed by atoms with E-state index in [2.05, 4.69) is 16.4 Å². The van der Waals surface area contributed by atoms with E-state index in [1.165, 1.54) is 12.0 Å². The number of amides is 1. The molecule has 0 aromatic carbocycles. The van der Waals surface area contributed by atoms with Crippen molar-refractivity contribution in [3.05, 3.63) is 23.9 Å². The van der Waals surface area contributed by atoms with E-state index in [0.717, 1.165) is 25.8 Å². The van der Waals surface area contributed by atoms with Gasteiger partial charge in [0.05, 0.1) is 0 Å². The van der Waals surface area contributed by atoms with Crippen molar-refractivity contribution in [3.63, 3.8) is 0 Å². The first kappa shape index (κ1) is 15.3. The zero-order valence-corrected chi connectivity index (χ0v) is 13.6. The number of pyridine rings is 1. The van der Waals surface area contributed by atoms with Crippen molar-refractivity contribution in [2.45, 2.75) is 64.1 Å². The summed E-state index contributed by atoms with van der Waals surface area (Å²) in [5.74, 6) is 0.693. The lowest BCUT2D eigenvalue weighted by Crippen LogP contribution is -2.38. The summed E-state index contributed by atoms with van der Waals surface area (Å²) in [6.45, 7) is 6.73. The second-order valence-corrected chi connectivity index (χ2v) is 7.18. The molecule has 2 aliphatic rings. The van der Waals surface area contributed by atoms with Crippen LogP contribution < -0.4 is 10.2 Å². The molecule has 1 aliphatic carbocycles. The molecule has 0 unspecified atom stereocenters. The average molecular weight is 303 g/mol. The molecule has 0 bridgehead atoms. The van der Waals surface area contributed by atoms with Gasteiger partial charge in [0.15, 0.2) is 0 Å². The maximum absolute atomic E-state index is 12.4. The van der Waals surface area contributed by atoms with Gasteiger partial charge in [0.2, 0.25) is 0 Å². The SMILES string of the molecule is CC(C)(C)OC(=O)N(c1ccc([C@H]2CCCN2)cn1)C1CC1. The van der Waals surface area contributed by atoms with Gasteiger partial charge in [-0.3, -0.25) is 4.90 Å². The van der Waals surface area contributed by atoms with Crippen molar-refractivity contribution in [1.82, 2.24) is 10.3 Å². The molecule has 1 saturated carbocycles. The first-order chi connectivity index (χ1) is 10.4. The molecule has 1 atom stereocenters. The summed E-state index contributed by atoms with van der Waals surface area (Å²) in [6.07, 6.45) is 5.99. The fourth-order valence-corrected chi connectivity index (χ4v) is 2.79. The van der Waals surface area contributed by atoms with E-state index in [9.17, 15) is 4.79 Å². The van der Waals surface area contributed by atoms with E-state index in [1.54, 1.807) is 4.90 Å². The van der Waals surface area contributed by atoms with Crippen LogP contribution in [-0.2, 0) is 4.74 Å². The van der Waals surface area contributed by atoms with Crippen molar-refractivity contribution in [3.8, 4) is 0 Å². The van der Waals surface area contributed by atoms with Crippen LogP contribution in [0.15, 0.2) is 18.3 Å². The first-order valence-corrected chi connectivity index (χ1v) is 8.15. The quantitative estimate of drug-likeness (QED) is 0.929. The van der Waals surface area contributed by atoms with Crippen LogP contribution in [-0.4, -0.2) is 29.3 Å². The Morgan fingerprint density at radius 3 is 2.59 bits per heavy atom. The molecule has 2 heterocycles. The molecule has 1 aromatic rings. The smallest absolute Gasteiger partial charge is 0.416 e. The molecule has 5 nitrogen and oxygen atoms in total. The minimum absolute atomic E-state index is 0.234. The number of nitrogens with zero attached hydrogens (tertiary/aromatic N) is 2. The van der Waals surface area contributed by atoms with Gasteiger partial charge in [-0.1, -0.05) is 6.07 Å². The predicted octanol–water partition coefficient (Wildman–Crippen LogP) is 3.41. The van der Waals surface area contributed by atoms with Gasteiger partial charge in [-0.25, -0.2) is 9.78 Å². The molecule has 1 N–H and O–H groups in total. The summed E-state index contributed by atoms with van der Waals surface area (Å²) >= 11 is 0. The van der Waals surface area contributed by atoms with E-state index in [1.807, 2.05) is 33.0 Å². The summed E-state index contributed by atoms with van der Waals surface area (Å²) in [7, 11) is 0. The Labute approximate surface area is 132 Å². The highest BCUT2D eigenvalue weighted by Crippen LogP contribution is 2.33. The lowest BCUT2D eigenvalue weighted by atomic mass is 10.1. The molecule has 3 rings (SSSR count). The number of ether oxygens (including phenoxy) is 1. The molecule has 1 aliphatic heterocycles. The number of carbonyl (C=O) groups is 1. The van der Waals surface area contributed by atoms with Crippen molar-refractivity contribution in [2.24, 2.45) is 0 Å². The van der Waals surface area contributed by atoms with Crippen molar-refractivity contribution in [2.75, 3.05) is 11.4 Å². The van der Waals surface area contributed by atoms with Gasteiger partial charge in [0.1, 0.15) is 11.4 Å². The molecule has 120 valence electrons. The van der Waals surface area contributed by atoms with E-state index >= 15 is 0 Å². The Morgan fingerprint density at radius 1 is 1.32 bits per heavy atom. The predicted molar refractivity (Wildman–Crippen MR) is 85.9 cm³/mol. The van der Waals surface area contributed by atoms with Gasteiger partial charge in [-0.2, -0.15) is 0 Å². The highest BCUT2D eigenvalue weighted by atomic mass is 16.6. The number of rotatable bonds is 3. The molecule has 0 radical (unpaired) electrons. The molecular weight excluding hydrogens is 278 g/mol. The summed E-state index contributed by atoms with van der Waals surface area (Å²) in [5.41, 5.74) is 0.707. The van der Waals surface area contributed by atoms with E-state index in [-0.39, 0.29) is 12.1 Å². The van der Waals surface area contributed by atoms with E-state index < -0.39 is 5.60 Å². The van der Waals surface area contributed by atoms with Crippen LogP contribution in [0.25, 0.3) is 0 Å². The topological polar surface area (TPSA) is 54.5 Å². The molecule has 1 saturated heterocycles. The first-order valence-electron chi connectivity index (χ1n) is 8.15. The summed E-state index contributed by atoms with van der Waals surface area (Å²) < 4.78 is 5.52. The number of hydrogen-bond acceptors (Lipinski definition) is 4. The third-order valence-corrected chi connectivity index (χ3v) is 3.98. The number of carbonyl (C=O) groups excluding carboxylic acids is 1. The van der Waals surface area contributed by atoms with Gasteiger partial charge in [-0.05, 0) is 64.6 Å². The molecule has 0 spiro atoms. The van der Waals surface area contributed by atoms with Crippen molar-refractivity contribution < 1.29 is 9.53 Å². The maximum Gasteiger partial charge on any atom is 0.416 e. The fourth-order valence-electron chi connectivity index (χ4n) is 2.79. The minimum Gasteiger partial charge on any atom is -0.443 e. The number of anilines is 1. The molecule has 1 amide bonds. The highest BCUT2D eigenvalue weighted by molar-refractivity contribution is 5.88. The van der Waals surface area contributed by atoms with Gasteiger partial charge in [0, 0.05) is 18.3 Å². The van der Waals surface area contributed by atoms with Crippen LogP contribution in [0.5, 0.6) is 0 Å². The summed E-state index contributed by atoms with van der Waals surface area (Å²) in [5, 5.41) is 3.47. The second kappa shape index (κ2) is 5.88. The Morgan fingerprint density at radius 2 is 2.09 bits per heavy atom. The number of hydrogen-bond donors (Lipinski definition) is 1. The normalized spacial score (nSPS) is 21.7. The number of aromatic nitrogens is 1. The average Bonchev–Trinajstić information content (AvgIpc) is 3.11. The summed E-state index contributed by atoms with van der Waals surface area (Å²) in [4.78, 5) is 18.7. The lowest BCUT2D eigenvalue weighted by Gasteiger charge is -2.27. The van der Waals surface area contributed by atoms with E-state index in [0.29, 0.717) is 11.9 Å². The zero-order chi connectivity index (χ0) is 15.7. The largest absolute Gasteiger partial charge is 0.443 e. The van der Waals surface area contributed by atoms with Crippen molar-refractivity contribution in [1.29, 1.82) is 0 Å². The van der Waals surface area contributed by atoms with E-state index in [4.69, 9.17) is 4.74 Å². The van der Waals surface area contributed by atoms with Crippen LogP contribution in [0, 0.1) is 0 Å². The van der Waals surface area contributed by atoms with Gasteiger partial charge in [-0.15, -0.1) is 0 Å². The number of nitrogens with one attached hydrogen (secondary N) is 1. The summed E-state index contributed by atoms with van der Waals surface area (Å²) in [6, 6.07) is 4.65. The molecule has 1 aromatic heterocycles. The minimum atomic E-state index is -0.488.